The van der Waals surface area contributed by atoms with Crippen molar-refractivity contribution in [3.8, 4) is 11.3 Å². The Labute approximate surface area is 159 Å². The largest absolute Gasteiger partial charge is 0.439 e. The van der Waals surface area contributed by atoms with E-state index >= 15 is 0 Å². The number of hydrogen-bond donors (Lipinski definition) is 1. The summed E-state index contributed by atoms with van der Waals surface area (Å²) in [5.74, 6) is 1.41. The maximum absolute atomic E-state index is 5.93. The van der Waals surface area contributed by atoms with Gasteiger partial charge in [0.2, 0.25) is 5.89 Å². The topological polar surface area (TPSA) is 41.3 Å². The fraction of sp³-hybridized carbons (Fsp3) is 0.286. The molecule has 1 aromatic heterocycles. The van der Waals surface area contributed by atoms with Gasteiger partial charge < -0.3 is 9.73 Å². The third kappa shape index (κ3) is 4.65. The van der Waals surface area contributed by atoms with E-state index in [0.717, 1.165) is 36.6 Å². The molecule has 0 saturated heterocycles. The van der Waals surface area contributed by atoms with Crippen LogP contribution in [0.15, 0.2) is 59.1 Å². The lowest BCUT2D eigenvalue weighted by molar-refractivity contribution is 0.296. The lowest BCUT2D eigenvalue weighted by atomic mass is 10.1. The molecule has 3 rings (SSSR count). The summed E-state index contributed by atoms with van der Waals surface area (Å²) in [5.41, 5.74) is 3.36. The summed E-state index contributed by atoms with van der Waals surface area (Å²) in [6.07, 6.45) is 1.75. The number of nitrogens with zero attached hydrogens (tertiary/aromatic N) is 2. The number of halogens is 1. The molecule has 0 aliphatic heterocycles. The molecule has 2 aromatic carbocycles. The van der Waals surface area contributed by atoms with Gasteiger partial charge in [-0.25, -0.2) is 4.98 Å². The molecule has 0 atom stereocenters. The van der Waals surface area contributed by atoms with Gasteiger partial charge in [-0.15, -0.1) is 0 Å². The smallest absolute Gasteiger partial charge is 0.214 e. The van der Waals surface area contributed by atoms with Crippen LogP contribution < -0.4 is 5.32 Å². The molecule has 3 aromatic rings. The summed E-state index contributed by atoms with van der Waals surface area (Å²) in [5, 5.41) is 4.16. The van der Waals surface area contributed by atoms with E-state index < -0.39 is 0 Å². The minimum absolute atomic E-state index is 0.544. The molecule has 0 aliphatic carbocycles. The highest BCUT2D eigenvalue weighted by Gasteiger charge is 2.09. The van der Waals surface area contributed by atoms with Crippen molar-refractivity contribution in [2.24, 2.45) is 0 Å². The third-order valence-corrected chi connectivity index (χ3v) is 4.67. The molecule has 26 heavy (non-hydrogen) atoms. The van der Waals surface area contributed by atoms with Gasteiger partial charge in [-0.1, -0.05) is 43.6 Å². The van der Waals surface area contributed by atoms with E-state index in [1.165, 1.54) is 5.56 Å². The van der Waals surface area contributed by atoms with Crippen molar-refractivity contribution in [3.05, 3.63) is 71.2 Å². The summed E-state index contributed by atoms with van der Waals surface area (Å²) >= 11 is 5.93. The highest BCUT2D eigenvalue weighted by atomic mass is 35.5. The number of anilines is 1. The van der Waals surface area contributed by atoms with Gasteiger partial charge in [0.05, 0.1) is 12.7 Å². The standard InChI is InChI=1S/C21H24ClN3O/c1-3-25(4-2)15-17-7-5-6-8-19(17)23-14-21-24-13-20(26-21)16-9-11-18(22)12-10-16/h5-13,23H,3-4,14-15H2,1-2H3. The average Bonchev–Trinajstić information content (AvgIpc) is 3.14. The van der Waals surface area contributed by atoms with Crippen LogP contribution in [-0.2, 0) is 13.1 Å². The molecular formula is C21H24ClN3O. The predicted molar refractivity (Wildman–Crippen MR) is 107 cm³/mol. The summed E-state index contributed by atoms with van der Waals surface area (Å²) < 4.78 is 5.87. The number of hydrogen-bond acceptors (Lipinski definition) is 4. The molecule has 1 heterocycles. The third-order valence-electron chi connectivity index (χ3n) is 4.42. The SMILES string of the molecule is CCN(CC)Cc1ccccc1NCc1ncc(-c2ccc(Cl)cc2)o1. The molecule has 4 nitrogen and oxygen atoms in total. The molecule has 0 aliphatic rings. The van der Waals surface area contributed by atoms with Crippen LogP contribution in [0.25, 0.3) is 11.3 Å². The Hall–Kier alpha value is -2.30. The Kier molecular flexibility index (Phi) is 6.31. The minimum atomic E-state index is 0.544. The second-order valence-electron chi connectivity index (χ2n) is 6.10. The van der Waals surface area contributed by atoms with Crippen LogP contribution in [0.1, 0.15) is 25.3 Å². The Morgan fingerprint density at radius 2 is 1.77 bits per heavy atom. The average molecular weight is 370 g/mol. The quantitative estimate of drug-likeness (QED) is 0.573. The van der Waals surface area contributed by atoms with Gasteiger partial charge >= 0.3 is 0 Å². The van der Waals surface area contributed by atoms with Crippen LogP contribution in [0.2, 0.25) is 5.02 Å². The van der Waals surface area contributed by atoms with E-state index in [0.29, 0.717) is 17.5 Å². The second kappa shape index (κ2) is 8.88. The highest BCUT2D eigenvalue weighted by molar-refractivity contribution is 6.30. The van der Waals surface area contributed by atoms with Crippen LogP contribution in [0.3, 0.4) is 0 Å². The summed E-state index contributed by atoms with van der Waals surface area (Å²) in [6, 6.07) is 15.9. The van der Waals surface area contributed by atoms with Crippen LogP contribution in [0, 0.1) is 0 Å². The van der Waals surface area contributed by atoms with Crippen molar-refractivity contribution in [1.29, 1.82) is 0 Å². The van der Waals surface area contributed by atoms with Crippen molar-refractivity contribution < 1.29 is 4.42 Å². The summed E-state index contributed by atoms with van der Waals surface area (Å²) in [4.78, 5) is 6.77. The van der Waals surface area contributed by atoms with E-state index in [2.05, 4.69) is 47.2 Å². The van der Waals surface area contributed by atoms with E-state index in [4.69, 9.17) is 16.0 Å². The zero-order valence-corrected chi connectivity index (χ0v) is 16.0. The molecule has 0 spiro atoms. The van der Waals surface area contributed by atoms with Gasteiger partial charge in [-0.2, -0.15) is 0 Å². The monoisotopic (exact) mass is 369 g/mol. The zero-order chi connectivity index (χ0) is 18.4. The maximum Gasteiger partial charge on any atom is 0.214 e. The number of oxazole rings is 1. The number of benzene rings is 2. The van der Waals surface area contributed by atoms with E-state index in [-0.39, 0.29) is 0 Å². The van der Waals surface area contributed by atoms with Gasteiger partial charge in [0.25, 0.3) is 0 Å². The number of para-hydroxylation sites is 1. The Morgan fingerprint density at radius 3 is 2.50 bits per heavy atom. The Bertz CT molecular complexity index is 825. The van der Waals surface area contributed by atoms with Crippen molar-refractivity contribution in [2.75, 3.05) is 18.4 Å². The van der Waals surface area contributed by atoms with Crippen LogP contribution in [0.5, 0.6) is 0 Å². The molecule has 0 amide bonds. The first-order valence-corrected chi connectivity index (χ1v) is 9.32. The van der Waals surface area contributed by atoms with Crippen molar-refractivity contribution >= 4 is 17.3 Å². The molecule has 5 heteroatoms. The molecule has 136 valence electrons. The van der Waals surface area contributed by atoms with E-state index in [1.807, 2.05) is 30.3 Å². The zero-order valence-electron chi connectivity index (χ0n) is 15.2. The molecule has 1 N–H and O–H groups in total. The maximum atomic E-state index is 5.93. The fourth-order valence-corrected chi connectivity index (χ4v) is 2.96. The van der Waals surface area contributed by atoms with Crippen LogP contribution in [0.4, 0.5) is 5.69 Å². The van der Waals surface area contributed by atoms with Crippen LogP contribution in [-0.4, -0.2) is 23.0 Å². The predicted octanol–water partition coefficient (Wildman–Crippen LogP) is 5.45. The number of aromatic nitrogens is 1. The Balaban J connectivity index is 1.67. The first kappa shape index (κ1) is 18.5. The van der Waals surface area contributed by atoms with Crippen molar-refractivity contribution in [3.63, 3.8) is 0 Å². The Morgan fingerprint density at radius 1 is 1.04 bits per heavy atom. The first-order chi connectivity index (χ1) is 12.7. The lowest BCUT2D eigenvalue weighted by Gasteiger charge is -2.20. The minimum Gasteiger partial charge on any atom is -0.439 e. The van der Waals surface area contributed by atoms with E-state index in [9.17, 15) is 0 Å². The van der Waals surface area contributed by atoms with Gasteiger partial charge in [0.15, 0.2) is 5.76 Å². The molecule has 0 fully saturated rings. The normalized spacial score (nSPS) is 11.1. The summed E-state index contributed by atoms with van der Waals surface area (Å²) in [6.45, 7) is 7.92. The molecule has 0 saturated carbocycles. The lowest BCUT2D eigenvalue weighted by Crippen LogP contribution is -2.22. The molecule has 0 bridgehead atoms. The second-order valence-corrected chi connectivity index (χ2v) is 6.53. The number of rotatable bonds is 8. The number of nitrogens with one attached hydrogen (secondary N) is 1. The molecule has 0 radical (unpaired) electrons. The first-order valence-electron chi connectivity index (χ1n) is 8.94. The van der Waals surface area contributed by atoms with Gasteiger partial charge in [0, 0.05) is 22.8 Å². The highest BCUT2D eigenvalue weighted by Crippen LogP contribution is 2.23. The van der Waals surface area contributed by atoms with Crippen molar-refractivity contribution in [2.45, 2.75) is 26.9 Å². The summed E-state index contributed by atoms with van der Waals surface area (Å²) in [7, 11) is 0. The van der Waals surface area contributed by atoms with Gasteiger partial charge in [-0.3, -0.25) is 4.90 Å². The van der Waals surface area contributed by atoms with Gasteiger partial charge in [0.1, 0.15) is 0 Å². The van der Waals surface area contributed by atoms with E-state index in [1.54, 1.807) is 6.20 Å². The molecular weight excluding hydrogens is 346 g/mol. The van der Waals surface area contributed by atoms with Gasteiger partial charge in [-0.05, 0) is 49.0 Å². The van der Waals surface area contributed by atoms with Crippen LogP contribution >= 0.6 is 11.6 Å². The molecule has 0 unspecified atom stereocenters. The van der Waals surface area contributed by atoms with Crippen molar-refractivity contribution in [1.82, 2.24) is 9.88 Å². The fourth-order valence-electron chi connectivity index (χ4n) is 2.83.